The number of nitrogens with one attached hydrogen (secondary N) is 2. The van der Waals surface area contributed by atoms with Gasteiger partial charge in [-0.2, -0.15) is 13.2 Å². The second-order valence-electron chi connectivity index (χ2n) is 6.26. The molecule has 0 aromatic heterocycles. The van der Waals surface area contributed by atoms with Crippen LogP contribution in [-0.4, -0.2) is 56.3 Å². The summed E-state index contributed by atoms with van der Waals surface area (Å²) in [5, 5.41) is 6.09. The Balaban J connectivity index is 0.00000484. The van der Waals surface area contributed by atoms with Gasteiger partial charge in [0.05, 0.1) is 13.0 Å². The van der Waals surface area contributed by atoms with Crippen molar-refractivity contribution >= 4 is 29.9 Å². The van der Waals surface area contributed by atoms with Gasteiger partial charge in [-0.15, -0.1) is 24.0 Å². The molecule has 1 saturated heterocycles. The van der Waals surface area contributed by atoms with Crippen LogP contribution in [0.15, 0.2) is 4.99 Å². The molecular weight excluding hydrogens is 420 g/mol. The van der Waals surface area contributed by atoms with E-state index in [9.17, 15) is 13.2 Å². The largest absolute Gasteiger partial charge is 0.390 e. The lowest BCUT2D eigenvalue weighted by atomic mass is 9.92. The Bertz CT molecular complexity index is 340. The van der Waals surface area contributed by atoms with Gasteiger partial charge in [0, 0.05) is 32.7 Å². The van der Waals surface area contributed by atoms with E-state index in [-0.39, 0.29) is 30.5 Å². The SMILES string of the molecule is CCNC(=NCCC(F)(F)F)NCCN1CC(C)CC(C)C1.I. The van der Waals surface area contributed by atoms with E-state index >= 15 is 0 Å². The summed E-state index contributed by atoms with van der Waals surface area (Å²) in [7, 11) is 0. The predicted octanol–water partition coefficient (Wildman–Crippen LogP) is 3.09. The quantitative estimate of drug-likeness (QED) is 0.371. The molecular formula is C15H30F3IN4. The van der Waals surface area contributed by atoms with E-state index in [0.29, 0.717) is 30.9 Å². The summed E-state index contributed by atoms with van der Waals surface area (Å²) in [4.78, 5) is 6.38. The molecule has 8 heteroatoms. The van der Waals surface area contributed by atoms with Crippen molar-refractivity contribution in [1.29, 1.82) is 0 Å². The zero-order valence-corrected chi connectivity index (χ0v) is 16.6. The van der Waals surface area contributed by atoms with Crippen LogP contribution in [0.5, 0.6) is 0 Å². The maximum Gasteiger partial charge on any atom is 0.390 e. The zero-order chi connectivity index (χ0) is 16.6. The molecule has 0 saturated carbocycles. The van der Waals surface area contributed by atoms with Crippen LogP contribution in [-0.2, 0) is 0 Å². The molecule has 2 N–H and O–H groups in total. The molecule has 0 aliphatic carbocycles. The smallest absolute Gasteiger partial charge is 0.357 e. The van der Waals surface area contributed by atoms with Gasteiger partial charge in [0.1, 0.15) is 0 Å². The van der Waals surface area contributed by atoms with Crippen molar-refractivity contribution in [3.63, 3.8) is 0 Å². The second kappa shape index (κ2) is 11.3. The molecule has 1 aliphatic heterocycles. The first kappa shape index (κ1) is 22.8. The third-order valence-corrected chi connectivity index (χ3v) is 3.67. The number of nitrogens with zero attached hydrogens (tertiary/aromatic N) is 2. The highest BCUT2D eigenvalue weighted by Crippen LogP contribution is 2.20. The zero-order valence-electron chi connectivity index (χ0n) is 14.2. The van der Waals surface area contributed by atoms with Crippen molar-refractivity contribution in [2.45, 2.75) is 39.8 Å². The molecule has 1 rings (SSSR count). The first-order valence-electron chi connectivity index (χ1n) is 8.11. The summed E-state index contributed by atoms with van der Waals surface area (Å²) in [6, 6.07) is 0. The van der Waals surface area contributed by atoms with Gasteiger partial charge in [-0.1, -0.05) is 13.8 Å². The summed E-state index contributed by atoms with van der Waals surface area (Å²) < 4.78 is 36.4. The van der Waals surface area contributed by atoms with Crippen molar-refractivity contribution in [3.8, 4) is 0 Å². The Morgan fingerprint density at radius 3 is 2.30 bits per heavy atom. The summed E-state index contributed by atoms with van der Waals surface area (Å²) in [6.45, 7) is 10.6. The van der Waals surface area contributed by atoms with Crippen molar-refractivity contribution in [1.82, 2.24) is 15.5 Å². The van der Waals surface area contributed by atoms with Gasteiger partial charge >= 0.3 is 6.18 Å². The average Bonchev–Trinajstić information content (AvgIpc) is 2.36. The fourth-order valence-corrected chi connectivity index (χ4v) is 2.94. The van der Waals surface area contributed by atoms with E-state index < -0.39 is 12.6 Å². The number of rotatable bonds is 6. The number of piperidine rings is 1. The molecule has 138 valence electrons. The van der Waals surface area contributed by atoms with Gasteiger partial charge in [-0.05, 0) is 25.2 Å². The maximum absolute atomic E-state index is 12.1. The van der Waals surface area contributed by atoms with Crippen LogP contribution in [0.3, 0.4) is 0 Å². The van der Waals surface area contributed by atoms with Gasteiger partial charge in [0.15, 0.2) is 5.96 Å². The first-order valence-corrected chi connectivity index (χ1v) is 8.11. The van der Waals surface area contributed by atoms with Crippen molar-refractivity contribution in [2.24, 2.45) is 16.8 Å². The minimum absolute atomic E-state index is 0. The number of alkyl halides is 3. The van der Waals surface area contributed by atoms with E-state index in [1.54, 1.807) is 0 Å². The number of guanidine groups is 1. The highest BCUT2D eigenvalue weighted by molar-refractivity contribution is 14.0. The first-order chi connectivity index (χ1) is 10.3. The second-order valence-corrected chi connectivity index (χ2v) is 6.26. The van der Waals surface area contributed by atoms with Crippen LogP contribution in [0.2, 0.25) is 0 Å². The van der Waals surface area contributed by atoms with Crippen LogP contribution in [0, 0.1) is 11.8 Å². The third kappa shape index (κ3) is 11.0. The molecule has 0 bridgehead atoms. The third-order valence-electron chi connectivity index (χ3n) is 3.67. The Kier molecular flexibility index (Phi) is 11.2. The lowest BCUT2D eigenvalue weighted by Gasteiger charge is -2.35. The Hall–Kier alpha value is -0.250. The molecule has 0 aromatic rings. The van der Waals surface area contributed by atoms with Crippen molar-refractivity contribution in [3.05, 3.63) is 0 Å². The molecule has 4 nitrogen and oxygen atoms in total. The Morgan fingerprint density at radius 2 is 1.78 bits per heavy atom. The van der Waals surface area contributed by atoms with Crippen LogP contribution < -0.4 is 10.6 Å². The molecule has 2 atom stereocenters. The molecule has 0 aromatic carbocycles. The summed E-state index contributed by atoms with van der Waals surface area (Å²) in [6.07, 6.45) is -3.77. The number of hydrogen-bond acceptors (Lipinski definition) is 2. The summed E-state index contributed by atoms with van der Waals surface area (Å²) >= 11 is 0. The molecule has 23 heavy (non-hydrogen) atoms. The number of aliphatic imine (C=N–C) groups is 1. The molecule has 0 radical (unpaired) electrons. The molecule has 1 heterocycles. The maximum atomic E-state index is 12.1. The summed E-state index contributed by atoms with van der Waals surface area (Å²) in [5.74, 6) is 1.87. The van der Waals surface area contributed by atoms with Crippen molar-refractivity contribution in [2.75, 3.05) is 39.3 Å². The normalized spacial score (nSPS) is 23.3. The molecule has 0 amide bonds. The van der Waals surface area contributed by atoms with E-state index in [1.807, 2.05) is 6.92 Å². The van der Waals surface area contributed by atoms with Crippen LogP contribution in [0.25, 0.3) is 0 Å². The van der Waals surface area contributed by atoms with E-state index in [2.05, 4.69) is 34.4 Å². The van der Waals surface area contributed by atoms with Crippen LogP contribution >= 0.6 is 24.0 Å². The number of hydrogen-bond donors (Lipinski definition) is 2. The van der Waals surface area contributed by atoms with Gasteiger partial charge in [-0.3, -0.25) is 4.99 Å². The van der Waals surface area contributed by atoms with Crippen molar-refractivity contribution < 1.29 is 13.2 Å². The molecule has 1 aliphatic rings. The fourth-order valence-electron chi connectivity index (χ4n) is 2.94. The van der Waals surface area contributed by atoms with Crippen LogP contribution in [0.4, 0.5) is 13.2 Å². The summed E-state index contributed by atoms with van der Waals surface area (Å²) in [5.41, 5.74) is 0. The molecule has 2 unspecified atom stereocenters. The minimum Gasteiger partial charge on any atom is -0.357 e. The lowest BCUT2D eigenvalue weighted by molar-refractivity contribution is -0.132. The van der Waals surface area contributed by atoms with Crippen LogP contribution in [0.1, 0.15) is 33.6 Å². The number of likely N-dealkylation sites (tertiary alicyclic amines) is 1. The van der Waals surface area contributed by atoms with E-state index in [1.165, 1.54) is 6.42 Å². The predicted molar refractivity (Wildman–Crippen MR) is 99.5 cm³/mol. The standard InChI is InChI=1S/C15H29F3N4.HI/c1-4-19-14(20-6-5-15(16,17)18)21-7-8-22-10-12(2)9-13(3)11-22;/h12-13H,4-11H2,1-3H3,(H2,19,20,21);1H. The lowest BCUT2D eigenvalue weighted by Crippen LogP contribution is -2.45. The van der Waals surface area contributed by atoms with E-state index in [0.717, 1.165) is 19.6 Å². The van der Waals surface area contributed by atoms with Gasteiger partial charge in [0.25, 0.3) is 0 Å². The van der Waals surface area contributed by atoms with Gasteiger partial charge < -0.3 is 15.5 Å². The highest BCUT2D eigenvalue weighted by Gasteiger charge is 2.26. The highest BCUT2D eigenvalue weighted by atomic mass is 127. The van der Waals surface area contributed by atoms with Gasteiger partial charge in [-0.25, -0.2) is 0 Å². The Morgan fingerprint density at radius 1 is 1.17 bits per heavy atom. The van der Waals surface area contributed by atoms with E-state index in [4.69, 9.17) is 0 Å². The average molecular weight is 450 g/mol. The molecule has 1 fully saturated rings. The minimum atomic E-state index is -4.15. The topological polar surface area (TPSA) is 39.7 Å². The van der Waals surface area contributed by atoms with Gasteiger partial charge in [0.2, 0.25) is 0 Å². The Labute approximate surface area is 154 Å². The fraction of sp³-hybridized carbons (Fsp3) is 0.933. The monoisotopic (exact) mass is 450 g/mol. The molecule has 0 spiro atoms. The number of halogens is 4.